The van der Waals surface area contributed by atoms with Crippen LogP contribution in [0.1, 0.15) is 59.3 Å². The molecule has 2 N–H and O–H groups in total. The second-order valence-corrected chi connectivity index (χ2v) is 6.51. The molecule has 5 nitrogen and oxygen atoms in total. The summed E-state index contributed by atoms with van der Waals surface area (Å²) in [5, 5.41) is 4.15. The molecule has 5 heteroatoms. The van der Waals surface area contributed by atoms with E-state index in [0.717, 1.165) is 31.8 Å². The Morgan fingerprint density at radius 1 is 1.30 bits per heavy atom. The summed E-state index contributed by atoms with van der Waals surface area (Å²) in [5.74, 6) is 2.23. The van der Waals surface area contributed by atoms with E-state index in [-0.39, 0.29) is 11.5 Å². The van der Waals surface area contributed by atoms with Crippen LogP contribution in [-0.4, -0.2) is 29.3 Å². The van der Waals surface area contributed by atoms with Gasteiger partial charge in [-0.2, -0.15) is 4.98 Å². The van der Waals surface area contributed by atoms with Gasteiger partial charge in [0.2, 0.25) is 5.89 Å². The Labute approximate surface area is 121 Å². The average Bonchev–Trinajstić information content (AvgIpc) is 2.87. The zero-order valence-corrected chi connectivity index (χ0v) is 13.4. The summed E-state index contributed by atoms with van der Waals surface area (Å²) >= 11 is 0. The SMILES string of the molecule is CCN(CC)c1noc(C2CCC(N)C(C)C2(C)C)n1. The molecule has 0 radical (unpaired) electrons. The second kappa shape index (κ2) is 5.72. The second-order valence-electron chi connectivity index (χ2n) is 6.51. The number of hydrogen-bond acceptors (Lipinski definition) is 5. The van der Waals surface area contributed by atoms with E-state index in [4.69, 9.17) is 10.3 Å². The molecule has 1 aliphatic rings. The van der Waals surface area contributed by atoms with Crippen LogP contribution in [0.4, 0.5) is 5.95 Å². The zero-order valence-electron chi connectivity index (χ0n) is 13.4. The number of aromatic nitrogens is 2. The van der Waals surface area contributed by atoms with Gasteiger partial charge in [0.15, 0.2) is 0 Å². The first-order valence-electron chi connectivity index (χ1n) is 7.75. The van der Waals surface area contributed by atoms with Crippen LogP contribution < -0.4 is 10.6 Å². The van der Waals surface area contributed by atoms with E-state index >= 15 is 0 Å². The molecule has 1 saturated carbocycles. The van der Waals surface area contributed by atoms with Gasteiger partial charge in [0.25, 0.3) is 5.95 Å². The third-order valence-electron chi connectivity index (χ3n) is 5.28. The van der Waals surface area contributed by atoms with Crippen molar-refractivity contribution in [3.05, 3.63) is 5.89 Å². The molecule has 1 heterocycles. The summed E-state index contributed by atoms with van der Waals surface area (Å²) in [6, 6.07) is 0.270. The van der Waals surface area contributed by atoms with E-state index in [1.54, 1.807) is 0 Å². The first kappa shape index (κ1) is 15.3. The molecule has 1 aromatic heterocycles. The third-order valence-corrected chi connectivity index (χ3v) is 5.28. The highest BCUT2D eigenvalue weighted by atomic mass is 16.5. The predicted octanol–water partition coefficient (Wildman–Crippen LogP) is 2.78. The fourth-order valence-electron chi connectivity index (χ4n) is 3.30. The van der Waals surface area contributed by atoms with Crippen LogP contribution in [0, 0.1) is 11.3 Å². The largest absolute Gasteiger partial charge is 0.339 e. The lowest BCUT2D eigenvalue weighted by atomic mass is 9.61. The minimum absolute atomic E-state index is 0.0880. The van der Waals surface area contributed by atoms with Gasteiger partial charge < -0.3 is 15.2 Å². The molecule has 0 amide bonds. The maximum absolute atomic E-state index is 6.22. The number of hydrogen-bond donors (Lipinski definition) is 1. The molecule has 3 atom stereocenters. The highest BCUT2D eigenvalue weighted by Gasteiger charge is 2.44. The van der Waals surface area contributed by atoms with E-state index in [0.29, 0.717) is 17.8 Å². The third kappa shape index (κ3) is 2.55. The molecule has 0 aromatic carbocycles. The summed E-state index contributed by atoms with van der Waals surface area (Å²) < 4.78 is 5.56. The number of anilines is 1. The minimum Gasteiger partial charge on any atom is -0.339 e. The minimum atomic E-state index is 0.0880. The van der Waals surface area contributed by atoms with E-state index < -0.39 is 0 Å². The number of rotatable bonds is 4. The maximum atomic E-state index is 6.22. The molecule has 20 heavy (non-hydrogen) atoms. The van der Waals surface area contributed by atoms with Crippen LogP contribution in [-0.2, 0) is 0 Å². The summed E-state index contributed by atoms with van der Waals surface area (Å²) in [4.78, 5) is 6.75. The molecular weight excluding hydrogens is 252 g/mol. The van der Waals surface area contributed by atoms with Crippen molar-refractivity contribution >= 4 is 5.95 Å². The molecule has 0 saturated heterocycles. The molecule has 1 aliphatic carbocycles. The van der Waals surface area contributed by atoms with Crippen molar-refractivity contribution in [3.8, 4) is 0 Å². The van der Waals surface area contributed by atoms with Gasteiger partial charge in [0.05, 0.1) is 0 Å². The smallest absolute Gasteiger partial charge is 0.266 e. The molecule has 1 fully saturated rings. The molecule has 0 spiro atoms. The Balaban J connectivity index is 2.23. The van der Waals surface area contributed by atoms with Crippen molar-refractivity contribution in [2.75, 3.05) is 18.0 Å². The molecule has 3 unspecified atom stereocenters. The van der Waals surface area contributed by atoms with Crippen molar-refractivity contribution in [1.82, 2.24) is 10.1 Å². The van der Waals surface area contributed by atoms with Gasteiger partial charge in [-0.05, 0) is 43.2 Å². The van der Waals surface area contributed by atoms with Crippen LogP contribution in [0.2, 0.25) is 0 Å². The Morgan fingerprint density at radius 3 is 2.55 bits per heavy atom. The first-order chi connectivity index (χ1) is 9.41. The molecule has 1 aromatic rings. The quantitative estimate of drug-likeness (QED) is 0.918. The van der Waals surface area contributed by atoms with Gasteiger partial charge in [-0.25, -0.2) is 0 Å². The molecule has 114 valence electrons. The summed E-state index contributed by atoms with van der Waals surface area (Å²) in [6.07, 6.45) is 2.05. The van der Waals surface area contributed by atoms with Gasteiger partial charge in [-0.3, -0.25) is 0 Å². The average molecular weight is 280 g/mol. The predicted molar refractivity (Wildman–Crippen MR) is 80.8 cm³/mol. The fourth-order valence-corrected chi connectivity index (χ4v) is 3.30. The number of nitrogens with two attached hydrogens (primary N) is 1. The first-order valence-corrected chi connectivity index (χ1v) is 7.75. The topological polar surface area (TPSA) is 68.2 Å². The monoisotopic (exact) mass is 280 g/mol. The highest BCUT2D eigenvalue weighted by Crippen LogP contribution is 2.49. The van der Waals surface area contributed by atoms with E-state index in [1.165, 1.54) is 0 Å². The molecule has 0 bridgehead atoms. The van der Waals surface area contributed by atoms with Crippen LogP contribution in [0.25, 0.3) is 0 Å². The van der Waals surface area contributed by atoms with Gasteiger partial charge in [-0.1, -0.05) is 20.8 Å². The lowest BCUT2D eigenvalue weighted by molar-refractivity contribution is 0.0806. The zero-order chi connectivity index (χ0) is 14.9. The van der Waals surface area contributed by atoms with Crippen LogP contribution >= 0.6 is 0 Å². The summed E-state index contributed by atoms with van der Waals surface area (Å²) in [5.41, 5.74) is 6.30. The lowest BCUT2D eigenvalue weighted by Gasteiger charge is -2.45. The van der Waals surface area contributed by atoms with E-state index in [9.17, 15) is 0 Å². The van der Waals surface area contributed by atoms with Gasteiger partial charge in [-0.15, -0.1) is 0 Å². The van der Waals surface area contributed by atoms with Gasteiger partial charge >= 0.3 is 0 Å². The Morgan fingerprint density at radius 2 is 1.95 bits per heavy atom. The number of nitrogens with zero attached hydrogens (tertiary/aromatic N) is 3. The lowest BCUT2D eigenvalue weighted by Crippen LogP contribution is -2.45. The van der Waals surface area contributed by atoms with Gasteiger partial charge in [0.1, 0.15) is 0 Å². The normalized spacial score (nSPS) is 29.4. The Hall–Kier alpha value is -1.10. The van der Waals surface area contributed by atoms with Crippen molar-refractivity contribution < 1.29 is 4.52 Å². The summed E-state index contributed by atoms with van der Waals surface area (Å²) in [6.45, 7) is 12.8. The van der Waals surface area contributed by atoms with Gasteiger partial charge in [0, 0.05) is 25.0 Å². The van der Waals surface area contributed by atoms with E-state index in [1.807, 2.05) is 0 Å². The van der Waals surface area contributed by atoms with Crippen LogP contribution in [0.3, 0.4) is 0 Å². The van der Waals surface area contributed by atoms with Crippen LogP contribution in [0.5, 0.6) is 0 Å². The standard InChI is InChI=1S/C15H28N4O/c1-6-19(7-2)14-17-13(20-18-14)11-8-9-12(16)10(3)15(11,4)5/h10-12H,6-9,16H2,1-5H3. The van der Waals surface area contributed by atoms with Crippen molar-refractivity contribution in [2.45, 2.75) is 59.4 Å². The Kier molecular flexibility index (Phi) is 4.37. The van der Waals surface area contributed by atoms with Crippen molar-refractivity contribution in [2.24, 2.45) is 17.1 Å². The molecule has 0 aliphatic heterocycles. The molecule has 2 rings (SSSR count). The van der Waals surface area contributed by atoms with E-state index in [2.05, 4.69) is 49.7 Å². The van der Waals surface area contributed by atoms with Crippen LogP contribution in [0.15, 0.2) is 4.52 Å². The fraction of sp³-hybridized carbons (Fsp3) is 0.867. The maximum Gasteiger partial charge on any atom is 0.266 e. The van der Waals surface area contributed by atoms with Crippen molar-refractivity contribution in [3.63, 3.8) is 0 Å². The van der Waals surface area contributed by atoms with Crippen molar-refractivity contribution in [1.29, 1.82) is 0 Å². The highest BCUT2D eigenvalue weighted by molar-refractivity contribution is 5.27. The molecular formula is C15H28N4O. The Bertz CT molecular complexity index is 439. The summed E-state index contributed by atoms with van der Waals surface area (Å²) in [7, 11) is 0.